The van der Waals surface area contributed by atoms with E-state index in [1.165, 1.54) is 21.0 Å². The van der Waals surface area contributed by atoms with Gasteiger partial charge in [-0.1, -0.05) is 32.9 Å². The molecule has 1 N–H and O–H groups in total. The van der Waals surface area contributed by atoms with Crippen LogP contribution in [0.2, 0.25) is 0 Å². The number of cyclic esters (lactones) is 2. The van der Waals surface area contributed by atoms with Crippen LogP contribution >= 0.6 is 0 Å². The number of rotatable bonds is 8. The van der Waals surface area contributed by atoms with E-state index in [0.29, 0.717) is 23.3 Å². The molecule has 10 heteroatoms. The third kappa shape index (κ3) is 4.61. The van der Waals surface area contributed by atoms with E-state index < -0.39 is 28.0 Å². The summed E-state index contributed by atoms with van der Waals surface area (Å²) in [5.41, 5.74) is 2.20. The topological polar surface area (TPSA) is 111 Å². The Morgan fingerprint density at radius 3 is 2.48 bits per heavy atom. The first kappa shape index (κ1) is 22.9. The van der Waals surface area contributed by atoms with E-state index in [4.69, 9.17) is 9.47 Å². The lowest BCUT2D eigenvalue weighted by atomic mass is 10.1. The van der Waals surface area contributed by atoms with E-state index in [1.807, 2.05) is 45.0 Å². The van der Waals surface area contributed by atoms with Gasteiger partial charge in [0.15, 0.2) is 6.10 Å². The fourth-order valence-electron chi connectivity index (χ4n) is 3.84. The molecule has 0 radical (unpaired) electrons. The Bertz CT molecular complexity index is 1320. The molecule has 0 spiro atoms. The lowest BCUT2D eigenvalue weighted by Gasteiger charge is -2.26. The molecular weight excluding hydrogens is 446 g/mol. The number of nitrogens with one attached hydrogen (secondary N) is 1. The molecule has 3 aromatic rings. The molecular formula is C23H27N3O6S. The highest BCUT2D eigenvalue weighted by Gasteiger charge is 2.28. The second-order valence-electron chi connectivity index (χ2n) is 8.47. The van der Waals surface area contributed by atoms with Crippen molar-refractivity contribution in [2.24, 2.45) is 5.92 Å². The molecule has 2 aromatic carbocycles. The highest BCUT2D eigenvalue weighted by atomic mass is 32.2. The Morgan fingerprint density at radius 1 is 1.15 bits per heavy atom. The van der Waals surface area contributed by atoms with Crippen molar-refractivity contribution in [2.45, 2.75) is 44.7 Å². The largest absolute Gasteiger partial charge is 0.508 e. The third-order valence-corrected chi connectivity index (χ3v) is 7.32. The summed E-state index contributed by atoms with van der Waals surface area (Å²) in [5, 5.41) is 0. The number of hydrogen-bond donors (Lipinski definition) is 1. The van der Waals surface area contributed by atoms with Crippen molar-refractivity contribution < 1.29 is 22.7 Å². The second-order valence-corrected chi connectivity index (χ2v) is 10.3. The Morgan fingerprint density at radius 2 is 1.88 bits per heavy atom. The van der Waals surface area contributed by atoms with Crippen molar-refractivity contribution in [3.05, 3.63) is 58.5 Å². The van der Waals surface area contributed by atoms with Crippen LogP contribution < -0.4 is 9.99 Å². The third-order valence-electron chi connectivity index (χ3n) is 5.53. The first-order valence-electron chi connectivity index (χ1n) is 10.9. The predicted octanol–water partition coefficient (Wildman–Crippen LogP) is 3.28. The number of anilines is 1. The highest BCUT2D eigenvalue weighted by Crippen LogP contribution is 2.27. The minimum absolute atomic E-state index is 0.0609. The van der Waals surface area contributed by atoms with Gasteiger partial charge >= 0.3 is 11.8 Å². The summed E-state index contributed by atoms with van der Waals surface area (Å²) in [5.74, 6) is 0.103. The molecule has 1 atom stereocenters. The number of aromatic amines is 1. The molecule has 0 saturated carbocycles. The van der Waals surface area contributed by atoms with Crippen molar-refractivity contribution in [1.82, 2.24) is 9.55 Å². The van der Waals surface area contributed by atoms with Gasteiger partial charge in [0.1, 0.15) is 6.61 Å². The molecule has 1 aliphatic rings. The summed E-state index contributed by atoms with van der Waals surface area (Å²) >= 11 is 0. The summed E-state index contributed by atoms with van der Waals surface area (Å²) in [4.78, 5) is 26.4. The second kappa shape index (κ2) is 8.93. The van der Waals surface area contributed by atoms with Crippen molar-refractivity contribution in [3.63, 3.8) is 0 Å². The number of ether oxygens (including phenoxy) is 2. The van der Waals surface area contributed by atoms with E-state index in [2.05, 4.69) is 4.98 Å². The number of aromatic nitrogens is 2. The van der Waals surface area contributed by atoms with Gasteiger partial charge < -0.3 is 14.5 Å². The molecule has 1 aliphatic heterocycles. The van der Waals surface area contributed by atoms with Crippen LogP contribution in [0.4, 0.5) is 10.5 Å². The number of carbonyl (C=O) groups is 1. The molecule has 0 bridgehead atoms. The van der Waals surface area contributed by atoms with Gasteiger partial charge in [0.25, 0.3) is 10.0 Å². The van der Waals surface area contributed by atoms with E-state index in [1.54, 1.807) is 6.07 Å². The predicted molar refractivity (Wildman–Crippen MR) is 124 cm³/mol. The van der Waals surface area contributed by atoms with Gasteiger partial charge in [-0.15, -0.1) is 0 Å². The summed E-state index contributed by atoms with van der Waals surface area (Å²) in [6.45, 7) is 6.46. The van der Waals surface area contributed by atoms with Crippen molar-refractivity contribution in [2.75, 3.05) is 17.5 Å². The number of hydrogen-bond acceptors (Lipinski definition) is 6. The molecule has 0 amide bonds. The summed E-state index contributed by atoms with van der Waals surface area (Å²) in [7, 11) is -3.88. The molecule has 1 aromatic heterocycles. The number of carbonyl (C=O) groups excluding carboxylic acids is 1. The maximum atomic E-state index is 13.6. The van der Waals surface area contributed by atoms with Crippen molar-refractivity contribution in [1.29, 1.82) is 0 Å². The monoisotopic (exact) mass is 473 g/mol. The normalized spacial score (nSPS) is 16.2. The molecule has 176 valence electrons. The summed E-state index contributed by atoms with van der Waals surface area (Å²) in [6, 6.07) is 12.0. The van der Waals surface area contributed by atoms with Crippen molar-refractivity contribution in [3.8, 4) is 0 Å². The Hall–Kier alpha value is -3.27. The smallest absolute Gasteiger partial charge is 0.430 e. The maximum Gasteiger partial charge on any atom is 0.508 e. The Labute approximate surface area is 192 Å². The number of nitrogens with zero attached hydrogens (tertiary/aromatic N) is 2. The zero-order valence-corrected chi connectivity index (χ0v) is 19.6. The first-order chi connectivity index (χ1) is 15.7. The zero-order valence-electron chi connectivity index (χ0n) is 18.8. The molecule has 33 heavy (non-hydrogen) atoms. The van der Waals surface area contributed by atoms with Crippen LogP contribution in [-0.2, 0) is 32.5 Å². The van der Waals surface area contributed by atoms with E-state index in [9.17, 15) is 18.0 Å². The van der Waals surface area contributed by atoms with Crippen LogP contribution in [0.15, 0.2) is 52.2 Å². The van der Waals surface area contributed by atoms with Crippen LogP contribution in [0.3, 0.4) is 0 Å². The van der Waals surface area contributed by atoms with E-state index in [-0.39, 0.29) is 24.0 Å². The number of H-pyrrole nitrogens is 1. The highest BCUT2D eigenvalue weighted by molar-refractivity contribution is 7.92. The Balaban J connectivity index is 1.70. The molecule has 4 rings (SSSR count). The van der Waals surface area contributed by atoms with Crippen LogP contribution in [0.5, 0.6) is 0 Å². The molecule has 1 saturated heterocycles. The SMILES string of the molecule is CCc1ccc(N(CC(C)C)S(=O)(=O)c2ccc3c(c2)[nH]c(=O)n3CC2COC(=O)O2)cc1. The summed E-state index contributed by atoms with van der Waals surface area (Å²) < 4.78 is 39.9. The number of sulfonamides is 1. The van der Waals surface area contributed by atoms with Gasteiger partial charge in [-0.05, 0) is 48.2 Å². The quantitative estimate of drug-likeness (QED) is 0.503. The van der Waals surface area contributed by atoms with E-state index >= 15 is 0 Å². The average Bonchev–Trinajstić information content (AvgIpc) is 3.34. The number of aryl methyl sites for hydroxylation is 1. The minimum Gasteiger partial charge on any atom is -0.430 e. The van der Waals surface area contributed by atoms with Gasteiger partial charge in [-0.3, -0.25) is 8.87 Å². The van der Waals surface area contributed by atoms with Gasteiger partial charge in [-0.2, -0.15) is 0 Å². The maximum absolute atomic E-state index is 13.6. The van der Waals surface area contributed by atoms with Crippen LogP contribution in [0, 0.1) is 5.92 Å². The standard InChI is InChI=1S/C23H27N3O6S/c1-4-16-5-7-17(8-6-16)26(12-15(2)3)33(29,30)19-9-10-21-20(11-19)24-22(27)25(21)13-18-14-31-23(28)32-18/h5-11,15,18H,4,12-14H2,1-3H3,(H,24,27). The Kier molecular flexibility index (Phi) is 6.20. The van der Waals surface area contributed by atoms with Gasteiger partial charge in [0.2, 0.25) is 0 Å². The molecule has 9 nitrogen and oxygen atoms in total. The fourth-order valence-corrected chi connectivity index (χ4v) is 5.50. The number of fused-ring (bicyclic) bond motifs is 1. The van der Waals surface area contributed by atoms with Gasteiger partial charge in [-0.25, -0.2) is 18.0 Å². The minimum atomic E-state index is -3.88. The van der Waals surface area contributed by atoms with E-state index in [0.717, 1.165) is 12.0 Å². The fraction of sp³-hybridized carbons (Fsp3) is 0.391. The van der Waals surface area contributed by atoms with Gasteiger partial charge in [0.05, 0.1) is 28.2 Å². The van der Waals surface area contributed by atoms with Gasteiger partial charge in [0, 0.05) is 6.54 Å². The molecule has 0 aliphatic carbocycles. The molecule has 1 fully saturated rings. The molecule has 2 heterocycles. The zero-order chi connectivity index (χ0) is 23.8. The lowest BCUT2D eigenvalue weighted by molar-refractivity contribution is 0.114. The number of benzene rings is 2. The van der Waals surface area contributed by atoms with Crippen molar-refractivity contribution >= 4 is 32.9 Å². The van der Waals surface area contributed by atoms with Crippen LogP contribution in [-0.4, -0.2) is 43.4 Å². The van der Waals surface area contributed by atoms with Crippen LogP contribution in [0.1, 0.15) is 26.3 Å². The summed E-state index contributed by atoms with van der Waals surface area (Å²) in [6.07, 6.45) is -0.478. The van der Waals surface area contributed by atoms with Crippen LogP contribution in [0.25, 0.3) is 11.0 Å². The number of imidazole rings is 1. The lowest BCUT2D eigenvalue weighted by Crippen LogP contribution is -2.34. The average molecular weight is 474 g/mol. The molecule has 1 unspecified atom stereocenters. The first-order valence-corrected chi connectivity index (χ1v) is 12.3.